The number of hydrogen-bond donors (Lipinski definition) is 2. The molecule has 0 aliphatic heterocycles. The number of pyridine rings is 1. The van der Waals surface area contributed by atoms with Gasteiger partial charge in [0.15, 0.2) is 0 Å². The van der Waals surface area contributed by atoms with Crippen molar-refractivity contribution in [3.63, 3.8) is 0 Å². The van der Waals surface area contributed by atoms with Crippen molar-refractivity contribution in [3.8, 4) is 11.5 Å². The van der Waals surface area contributed by atoms with Gasteiger partial charge in [0.1, 0.15) is 21.2 Å². The van der Waals surface area contributed by atoms with Gasteiger partial charge >= 0.3 is 0 Å². The van der Waals surface area contributed by atoms with E-state index in [1.165, 1.54) is 23.3 Å². The van der Waals surface area contributed by atoms with Crippen LogP contribution in [0.1, 0.15) is 33.8 Å². The Morgan fingerprint density at radius 2 is 2.00 bits per heavy atom. The first-order valence-corrected chi connectivity index (χ1v) is 9.66. The minimum absolute atomic E-state index is 0.267. The van der Waals surface area contributed by atoms with Crippen LogP contribution in [0.15, 0.2) is 24.3 Å². The molecular weight excluding hydrogens is 362 g/mol. The van der Waals surface area contributed by atoms with Gasteiger partial charge in [0.2, 0.25) is 0 Å². The lowest BCUT2D eigenvalue weighted by molar-refractivity contribution is 0.103. The number of carbonyl (C=O) groups is 1. The molecule has 2 aromatic heterocycles. The number of ether oxygens (including phenoxy) is 2. The number of methoxy groups -OCH3 is 2. The second-order valence-electron chi connectivity index (χ2n) is 6.52. The molecule has 0 spiro atoms. The normalized spacial score (nSPS) is 13.3. The van der Waals surface area contributed by atoms with Gasteiger partial charge in [-0.3, -0.25) is 4.79 Å². The number of aryl methyl sites for hydroxylation is 2. The largest absolute Gasteiger partial charge is 0.497 e. The molecule has 3 aromatic rings. The van der Waals surface area contributed by atoms with Gasteiger partial charge in [-0.15, -0.1) is 11.3 Å². The summed E-state index contributed by atoms with van der Waals surface area (Å²) in [7, 11) is 3.13. The standard InChI is InChI=1S/C20H21N3O3S/c1-25-12-7-8-15(16(10-12)26-2)22-19(24)18-17(21)13-9-11-5-3-4-6-14(11)23-20(13)27-18/h7-10H,3-6,21H2,1-2H3,(H,22,24). The number of nitrogens with one attached hydrogen (secondary N) is 1. The van der Waals surface area contributed by atoms with Crippen molar-refractivity contribution < 1.29 is 14.3 Å². The van der Waals surface area contributed by atoms with Crippen LogP contribution in [0.4, 0.5) is 11.4 Å². The first kappa shape index (κ1) is 17.6. The number of nitrogens with two attached hydrogens (primary N) is 1. The highest BCUT2D eigenvalue weighted by Crippen LogP contribution is 2.37. The Hall–Kier alpha value is -2.80. The fourth-order valence-electron chi connectivity index (χ4n) is 3.41. The summed E-state index contributed by atoms with van der Waals surface area (Å²) in [5, 5.41) is 3.75. The van der Waals surface area contributed by atoms with Crippen molar-refractivity contribution in [1.29, 1.82) is 0 Å². The molecule has 3 N–H and O–H groups in total. The molecule has 0 saturated heterocycles. The van der Waals surface area contributed by atoms with Gasteiger partial charge in [0, 0.05) is 17.1 Å². The van der Waals surface area contributed by atoms with Crippen molar-refractivity contribution in [1.82, 2.24) is 4.98 Å². The molecule has 2 heterocycles. The van der Waals surface area contributed by atoms with E-state index >= 15 is 0 Å². The van der Waals surface area contributed by atoms with E-state index in [2.05, 4.69) is 11.4 Å². The summed E-state index contributed by atoms with van der Waals surface area (Å²) in [4.78, 5) is 18.9. The van der Waals surface area contributed by atoms with Gasteiger partial charge in [0.25, 0.3) is 5.91 Å². The van der Waals surface area contributed by atoms with Gasteiger partial charge < -0.3 is 20.5 Å². The molecule has 0 saturated carbocycles. The molecule has 140 valence electrons. The molecule has 6 nitrogen and oxygen atoms in total. The van der Waals surface area contributed by atoms with Crippen LogP contribution < -0.4 is 20.5 Å². The number of nitrogens with zero attached hydrogens (tertiary/aromatic N) is 1. The summed E-state index contributed by atoms with van der Waals surface area (Å²) in [5.41, 5.74) is 9.74. The Bertz CT molecular complexity index is 1030. The summed E-state index contributed by atoms with van der Waals surface area (Å²) >= 11 is 1.33. The van der Waals surface area contributed by atoms with Crippen LogP contribution in [-0.2, 0) is 12.8 Å². The molecule has 1 aliphatic carbocycles. The van der Waals surface area contributed by atoms with Crippen LogP contribution in [-0.4, -0.2) is 25.1 Å². The van der Waals surface area contributed by atoms with E-state index in [4.69, 9.17) is 20.2 Å². The fourth-order valence-corrected chi connectivity index (χ4v) is 4.40. The van der Waals surface area contributed by atoms with E-state index in [0.717, 1.165) is 35.2 Å². The number of benzene rings is 1. The minimum Gasteiger partial charge on any atom is -0.497 e. The zero-order chi connectivity index (χ0) is 19.0. The molecular formula is C20H21N3O3S. The maximum Gasteiger partial charge on any atom is 0.268 e. The fraction of sp³-hybridized carbons (Fsp3) is 0.300. The molecule has 0 fully saturated rings. The SMILES string of the molecule is COc1ccc(NC(=O)c2sc3nc4c(cc3c2N)CCCC4)c(OC)c1. The highest BCUT2D eigenvalue weighted by Gasteiger charge is 2.21. The summed E-state index contributed by atoms with van der Waals surface area (Å²) in [6.45, 7) is 0. The Morgan fingerprint density at radius 1 is 1.19 bits per heavy atom. The first-order chi connectivity index (χ1) is 13.1. The Labute approximate surface area is 161 Å². The topological polar surface area (TPSA) is 86.5 Å². The van der Waals surface area contributed by atoms with Crippen molar-refractivity contribution in [2.75, 3.05) is 25.3 Å². The van der Waals surface area contributed by atoms with Crippen LogP contribution in [0.2, 0.25) is 0 Å². The third-order valence-electron chi connectivity index (χ3n) is 4.86. The van der Waals surface area contributed by atoms with E-state index in [9.17, 15) is 4.79 Å². The molecule has 0 unspecified atom stereocenters. The number of hydrogen-bond acceptors (Lipinski definition) is 6. The quantitative estimate of drug-likeness (QED) is 0.710. The maximum atomic E-state index is 12.9. The van der Waals surface area contributed by atoms with Crippen LogP contribution in [0, 0.1) is 0 Å². The molecule has 7 heteroatoms. The van der Waals surface area contributed by atoms with Crippen LogP contribution in [0.5, 0.6) is 11.5 Å². The van der Waals surface area contributed by atoms with Crippen LogP contribution in [0.3, 0.4) is 0 Å². The summed E-state index contributed by atoms with van der Waals surface area (Å²) in [6, 6.07) is 7.34. The number of carbonyl (C=O) groups excluding carboxylic acids is 1. The lowest BCUT2D eigenvalue weighted by atomic mass is 9.95. The van der Waals surface area contributed by atoms with E-state index in [0.29, 0.717) is 27.8 Å². The summed E-state index contributed by atoms with van der Waals surface area (Å²) in [5.74, 6) is 0.911. The first-order valence-electron chi connectivity index (χ1n) is 8.85. The highest BCUT2D eigenvalue weighted by molar-refractivity contribution is 7.21. The highest BCUT2D eigenvalue weighted by atomic mass is 32.1. The predicted octanol–water partition coefficient (Wildman–Crippen LogP) is 4.03. The smallest absolute Gasteiger partial charge is 0.268 e. The third kappa shape index (κ3) is 3.19. The van der Waals surface area contributed by atoms with E-state index < -0.39 is 0 Å². The van der Waals surface area contributed by atoms with E-state index in [1.54, 1.807) is 32.4 Å². The predicted molar refractivity (Wildman–Crippen MR) is 108 cm³/mol. The summed E-state index contributed by atoms with van der Waals surface area (Å²) in [6.07, 6.45) is 4.36. The zero-order valence-electron chi connectivity index (χ0n) is 15.3. The zero-order valence-corrected chi connectivity index (χ0v) is 16.1. The lowest BCUT2D eigenvalue weighted by Crippen LogP contribution is -2.12. The molecule has 1 aliphatic rings. The lowest BCUT2D eigenvalue weighted by Gasteiger charge is -2.14. The number of nitrogen functional groups attached to an aromatic ring is 1. The van der Waals surface area contributed by atoms with E-state index in [1.807, 2.05) is 0 Å². The Kier molecular flexibility index (Phi) is 4.61. The molecule has 0 atom stereocenters. The van der Waals surface area contributed by atoms with Crippen molar-refractivity contribution in [2.24, 2.45) is 0 Å². The molecule has 4 rings (SSSR count). The number of rotatable bonds is 4. The summed E-state index contributed by atoms with van der Waals surface area (Å²) < 4.78 is 10.5. The van der Waals surface area contributed by atoms with Crippen molar-refractivity contribution >= 4 is 38.8 Å². The van der Waals surface area contributed by atoms with E-state index in [-0.39, 0.29) is 5.91 Å². The molecule has 0 radical (unpaired) electrons. The minimum atomic E-state index is -0.267. The third-order valence-corrected chi connectivity index (χ3v) is 5.98. The molecule has 1 aromatic carbocycles. The van der Waals surface area contributed by atoms with Crippen molar-refractivity contribution in [3.05, 3.63) is 40.4 Å². The Balaban J connectivity index is 1.68. The van der Waals surface area contributed by atoms with Gasteiger partial charge in [-0.05, 0) is 49.4 Å². The maximum absolute atomic E-state index is 12.9. The van der Waals surface area contributed by atoms with Crippen LogP contribution >= 0.6 is 11.3 Å². The van der Waals surface area contributed by atoms with Gasteiger partial charge in [-0.25, -0.2) is 4.98 Å². The monoisotopic (exact) mass is 383 g/mol. The second kappa shape index (κ2) is 7.08. The van der Waals surface area contributed by atoms with Gasteiger partial charge in [-0.1, -0.05) is 0 Å². The Morgan fingerprint density at radius 3 is 2.78 bits per heavy atom. The number of amides is 1. The molecule has 0 bridgehead atoms. The molecule has 27 heavy (non-hydrogen) atoms. The average molecular weight is 383 g/mol. The number of anilines is 2. The number of aromatic nitrogens is 1. The van der Waals surface area contributed by atoms with Gasteiger partial charge in [0.05, 0.1) is 25.6 Å². The average Bonchev–Trinajstić information content (AvgIpc) is 3.02. The number of fused-ring (bicyclic) bond motifs is 2. The molecule has 1 amide bonds. The second-order valence-corrected chi connectivity index (χ2v) is 7.52. The van der Waals surface area contributed by atoms with Crippen LogP contribution in [0.25, 0.3) is 10.2 Å². The van der Waals surface area contributed by atoms with Gasteiger partial charge in [-0.2, -0.15) is 0 Å². The number of thiophene rings is 1. The van der Waals surface area contributed by atoms with Crippen molar-refractivity contribution in [2.45, 2.75) is 25.7 Å².